The second-order valence-electron chi connectivity index (χ2n) is 4.81. The second-order valence-corrected chi connectivity index (χ2v) is 6.52. The summed E-state index contributed by atoms with van der Waals surface area (Å²) in [5, 5.41) is 7.99. The highest BCUT2D eigenvalue weighted by Crippen LogP contribution is 2.21. The molecule has 3 rings (SSSR count). The van der Waals surface area contributed by atoms with Crippen LogP contribution in [-0.4, -0.2) is 28.7 Å². The monoisotopic (exact) mass is 323 g/mol. The van der Waals surface area contributed by atoms with Crippen molar-refractivity contribution < 1.29 is 17.5 Å². The minimum absolute atomic E-state index is 0.0124. The lowest BCUT2D eigenvalue weighted by molar-refractivity contribution is 0.383. The summed E-state index contributed by atoms with van der Waals surface area (Å²) in [6, 6.07) is 0.826. The number of hydrogen-bond acceptors (Lipinski definition) is 8. The molecule has 0 spiro atoms. The van der Waals surface area contributed by atoms with Gasteiger partial charge in [0, 0.05) is 6.92 Å². The third-order valence-corrected chi connectivity index (χ3v) is 4.57. The first kappa shape index (κ1) is 14.6. The molecule has 0 saturated heterocycles. The number of nitrogens with zero attached hydrogens (tertiary/aromatic N) is 4. The Morgan fingerprint density at radius 1 is 1.23 bits per heavy atom. The molecule has 0 amide bonds. The Morgan fingerprint density at radius 3 is 2.68 bits per heavy atom. The lowest BCUT2D eigenvalue weighted by Gasteiger charge is -2.10. The quantitative estimate of drug-likeness (QED) is 0.761. The van der Waals surface area contributed by atoms with Gasteiger partial charge >= 0.3 is 0 Å². The molecule has 0 aromatic carbocycles. The van der Waals surface area contributed by atoms with Gasteiger partial charge in [0.05, 0.1) is 23.3 Å². The maximum atomic E-state index is 12.4. The molecule has 0 radical (unpaired) electrons. The van der Waals surface area contributed by atoms with E-state index < -0.39 is 16.1 Å². The van der Waals surface area contributed by atoms with Gasteiger partial charge in [-0.15, -0.1) is 0 Å². The van der Waals surface area contributed by atoms with E-state index in [2.05, 4.69) is 25.0 Å². The summed E-state index contributed by atoms with van der Waals surface area (Å²) >= 11 is 0. The van der Waals surface area contributed by atoms with Crippen molar-refractivity contribution in [3.05, 3.63) is 29.7 Å². The fourth-order valence-electron chi connectivity index (χ4n) is 1.92. The van der Waals surface area contributed by atoms with Gasteiger partial charge in [0.1, 0.15) is 4.90 Å². The van der Waals surface area contributed by atoms with Crippen LogP contribution in [0.2, 0.25) is 0 Å². The van der Waals surface area contributed by atoms with Gasteiger partial charge in [-0.3, -0.25) is 0 Å². The predicted octanol–water partition coefficient (Wildman–Crippen LogP) is 1.26. The van der Waals surface area contributed by atoms with Crippen LogP contribution in [-0.2, 0) is 10.0 Å². The first-order valence-electron chi connectivity index (χ1n) is 6.41. The van der Waals surface area contributed by atoms with Gasteiger partial charge in [-0.2, -0.15) is 4.98 Å². The van der Waals surface area contributed by atoms with Crippen LogP contribution >= 0.6 is 0 Å². The first-order valence-corrected chi connectivity index (χ1v) is 7.90. The van der Waals surface area contributed by atoms with E-state index in [1.54, 1.807) is 20.8 Å². The molecule has 1 atom stereocenters. The van der Waals surface area contributed by atoms with Crippen molar-refractivity contribution in [3.8, 4) is 0 Å². The van der Waals surface area contributed by atoms with E-state index in [0.717, 1.165) is 0 Å². The molecule has 1 N–H and O–H groups in total. The standard InChI is InChI=1S/C12H13N5O4S/c1-6-10-4-9(5-13-12(10)21-15-6)22(18,19)17-7(2)11-14-8(3)20-16-11/h4-5,7,17H,1-3H3. The molecular weight excluding hydrogens is 310 g/mol. The molecule has 0 aliphatic heterocycles. The van der Waals surface area contributed by atoms with Crippen LogP contribution < -0.4 is 4.72 Å². The summed E-state index contributed by atoms with van der Waals surface area (Å²) in [6.45, 7) is 4.96. The number of sulfonamides is 1. The number of hydrogen-bond donors (Lipinski definition) is 1. The molecule has 3 heterocycles. The third-order valence-electron chi connectivity index (χ3n) is 3.06. The molecule has 1 unspecified atom stereocenters. The molecule has 0 aliphatic carbocycles. The van der Waals surface area contributed by atoms with Gasteiger partial charge in [-0.1, -0.05) is 10.3 Å². The van der Waals surface area contributed by atoms with E-state index in [4.69, 9.17) is 9.05 Å². The van der Waals surface area contributed by atoms with Crippen LogP contribution in [0.4, 0.5) is 0 Å². The lowest BCUT2D eigenvalue weighted by atomic mass is 10.3. The maximum Gasteiger partial charge on any atom is 0.257 e. The fraction of sp³-hybridized carbons (Fsp3) is 0.333. The maximum absolute atomic E-state index is 12.4. The van der Waals surface area contributed by atoms with Gasteiger partial charge in [-0.05, 0) is 19.9 Å². The zero-order valence-corrected chi connectivity index (χ0v) is 12.9. The number of aromatic nitrogens is 4. The SMILES string of the molecule is Cc1nc(C(C)NS(=O)(=O)c2cnc3onc(C)c3c2)no1. The molecule has 9 nitrogen and oxygen atoms in total. The lowest BCUT2D eigenvalue weighted by Crippen LogP contribution is -2.27. The van der Waals surface area contributed by atoms with E-state index in [0.29, 0.717) is 22.7 Å². The van der Waals surface area contributed by atoms with Crippen molar-refractivity contribution in [2.45, 2.75) is 31.7 Å². The first-order chi connectivity index (χ1) is 10.4. The van der Waals surface area contributed by atoms with Crippen molar-refractivity contribution in [1.82, 2.24) is 25.0 Å². The highest BCUT2D eigenvalue weighted by molar-refractivity contribution is 7.89. The molecule has 116 valence electrons. The van der Waals surface area contributed by atoms with Crippen molar-refractivity contribution in [2.75, 3.05) is 0 Å². The predicted molar refractivity (Wildman–Crippen MR) is 74.3 cm³/mol. The molecule has 3 aromatic heterocycles. The van der Waals surface area contributed by atoms with E-state index >= 15 is 0 Å². The van der Waals surface area contributed by atoms with Crippen LogP contribution in [0.3, 0.4) is 0 Å². The topological polar surface area (TPSA) is 124 Å². The molecular formula is C12H13N5O4S. The Kier molecular flexibility index (Phi) is 3.41. The van der Waals surface area contributed by atoms with Crippen LogP contribution in [0, 0.1) is 13.8 Å². The van der Waals surface area contributed by atoms with E-state index in [9.17, 15) is 8.42 Å². The minimum atomic E-state index is -3.79. The van der Waals surface area contributed by atoms with Crippen molar-refractivity contribution in [2.24, 2.45) is 0 Å². The Morgan fingerprint density at radius 2 is 2.00 bits per heavy atom. The van der Waals surface area contributed by atoms with E-state index in [1.165, 1.54) is 12.3 Å². The number of rotatable bonds is 4. The molecule has 0 saturated carbocycles. The fourth-order valence-corrected chi connectivity index (χ4v) is 3.09. The normalized spacial score (nSPS) is 13.6. The Hall–Kier alpha value is -2.33. The summed E-state index contributed by atoms with van der Waals surface area (Å²) in [7, 11) is -3.79. The zero-order valence-electron chi connectivity index (χ0n) is 12.1. The van der Waals surface area contributed by atoms with Crippen LogP contribution in [0.15, 0.2) is 26.2 Å². The molecule has 3 aromatic rings. The second kappa shape index (κ2) is 5.14. The van der Waals surface area contributed by atoms with Crippen LogP contribution in [0.25, 0.3) is 11.1 Å². The number of aryl methyl sites for hydroxylation is 2. The van der Waals surface area contributed by atoms with Gasteiger partial charge in [-0.25, -0.2) is 18.1 Å². The number of pyridine rings is 1. The Labute approximate surface area is 125 Å². The molecule has 0 aliphatic rings. The molecule has 22 heavy (non-hydrogen) atoms. The summed E-state index contributed by atoms with van der Waals surface area (Å²) < 4.78 is 37.1. The van der Waals surface area contributed by atoms with Crippen molar-refractivity contribution in [1.29, 1.82) is 0 Å². The van der Waals surface area contributed by atoms with Gasteiger partial charge in [0.15, 0.2) is 5.82 Å². The van der Waals surface area contributed by atoms with Gasteiger partial charge < -0.3 is 9.05 Å². The van der Waals surface area contributed by atoms with Gasteiger partial charge in [0.2, 0.25) is 15.9 Å². The average molecular weight is 323 g/mol. The molecule has 10 heteroatoms. The van der Waals surface area contributed by atoms with E-state index in [-0.39, 0.29) is 10.7 Å². The molecule has 0 bridgehead atoms. The largest absolute Gasteiger partial charge is 0.340 e. The third kappa shape index (κ3) is 2.57. The van der Waals surface area contributed by atoms with E-state index in [1.807, 2.05) is 0 Å². The summed E-state index contributed by atoms with van der Waals surface area (Å²) in [4.78, 5) is 7.97. The highest BCUT2D eigenvalue weighted by atomic mass is 32.2. The van der Waals surface area contributed by atoms with Crippen molar-refractivity contribution in [3.63, 3.8) is 0 Å². The summed E-state index contributed by atoms with van der Waals surface area (Å²) in [5.41, 5.74) is 0.861. The van der Waals surface area contributed by atoms with Crippen LogP contribution in [0.5, 0.6) is 0 Å². The minimum Gasteiger partial charge on any atom is -0.340 e. The number of nitrogens with one attached hydrogen (secondary N) is 1. The Bertz CT molecular complexity index is 930. The summed E-state index contributed by atoms with van der Waals surface area (Å²) in [5.74, 6) is 0.625. The van der Waals surface area contributed by atoms with Gasteiger partial charge in [0.25, 0.3) is 5.71 Å². The van der Waals surface area contributed by atoms with Crippen molar-refractivity contribution >= 4 is 21.1 Å². The summed E-state index contributed by atoms with van der Waals surface area (Å²) in [6.07, 6.45) is 1.21. The molecule has 0 fully saturated rings. The smallest absolute Gasteiger partial charge is 0.257 e. The van der Waals surface area contributed by atoms with Crippen LogP contribution in [0.1, 0.15) is 30.4 Å². The Balaban J connectivity index is 1.92. The average Bonchev–Trinajstić information content (AvgIpc) is 3.05. The number of fused-ring (bicyclic) bond motifs is 1. The zero-order chi connectivity index (χ0) is 15.9. The highest BCUT2D eigenvalue weighted by Gasteiger charge is 2.23.